The van der Waals surface area contributed by atoms with E-state index in [4.69, 9.17) is 4.74 Å². The molecule has 0 N–H and O–H groups in total. The first kappa shape index (κ1) is 21.2. The lowest BCUT2D eigenvalue weighted by Crippen LogP contribution is -2.19. The summed E-state index contributed by atoms with van der Waals surface area (Å²) < 4.78 is 7.00. The molecule has 0 aromatic heterocycles. The molecule has 1 nitrogen and oxygen atoms in total. The molecule has 2 aliphatic rings. The van der Waals surface area contributed by atoms with Crippen LogP contribution in [0.4, 0.5) is 0 Å². The van der Waals surface area contributed by atoms with Crippen LogP contribution in [0.5, 0.6) is 0 Å². The van der Waals surface area contributed by atoms with Gasteiger partial charge in [0.05, 0.1) is 0 Å². The Morgan fingerprint density at radius 2 is 1.34 bits per heavy atom. The van der Waals surface area contributed by atoms with Crippen LogP contribution in [0.2, 0.25) is 0 Å². The average molecular weight is 455 g/mol. The van der Waals surface area contributed by atoms with E-state index in [-0.39, 0.29) is 5.92 Å². The summed E-state index contributed by atoms with van der Waals surface area (Å²) in [6.07, 6.45) is 7.79. The molecule has 2 aliphatic heterocycles. The number of hydrogen-bond donors (Lipinski definition) is 0. The van der Waals surface area contributed by atoms with Crippen molar-refractivity contribution in [2.75, 3.05) is 11.5 Å². The van der Waals surface area contributed by atoms with E-state index < -0.39 is 0 Å². The van der Waals surface area contributed by atoms with E-state index in [0.717, 1.165) is 11.5 Å². The van der Waals surface area contributed by atoms with E-state index in [2.05, 4.69) is 103 Å². The molecule has 3 aromatic carbocycles. The molecule has 1 atom stereocenters. The van der Waals surface area contributed by atoms with Crippen molar-refractivity contribution in [3.63, 3.8) is 0 Å². The molecule has 1 saturated heterocycles. The Balaban J connectivity index is 1.61. The first-order chi connectivity index (χ1) is 15.9. The number of benzene rings is 3. The van der Waals surface area contributed by atoms with Crippen molar-refractivity contribution < 1.29 is 4.74 Å². The zero-order chi connectivity index (χ0) is 21.6. The zero-order valence-corrected chi connectivity index (χ0v) is 19.5. The summed E-state index contributed by atoms with van der Waals surface area (Å²) in [4.78, 5) is 0. The van der Waals surface area contributed by atoms with E-state index in [1.165, 1.54) is 40.2 Å². The first-order valence-electron chi connectivity index (χ1n) is 11.1. The Labute approximate surface area is 199 Å². The predicted octanol–water partition coefficient (Wildman–Crippen LogP) is 8.01. The van der Waals surface area contributed by atoms with Gasteiger partial charge in [0.15, 0.2) is 0 Å². The van der Waals surface area contributed by atoms with Gasteiger partial charge >= 0.3 is 0 Å². The molecule has 160 valence electrons. The topological polar surface area (TPSA) is 9.23 Å². The maximum absolute atomic E-state index is 6.68. The second kappa shape index (κ2) is 10.3. The van der Waals surface area contributed by atoms with Crippen LogP contribution in [0.3, 0.4) is 0 Å². The monoisotopic (exact) mass is 454 g/mol. The summed E-state index contributed by atoms with van der Waals surface area (Å²) in [6.45, 7) is 0. The molecule has 0 saturated carbocycles. The maximum Gasteiger partial charge on any atom is 0.132 e. The molecule has 0 aliphatic carbocycles. The van der Waals surface area contributed by atoms with Crippen LogP contribution in [0.25, 0.3) is 11.6 Å². The SMILES string of the molecule is C1=C(/C=C/c2ccccc2)OC(C2SCCCS2)=C(c2ccccc2)C1c1ccccc1. The summed E-state index contributed by atoms with van der Waals surface area (Å²) in [5.41, 5.74) is 5.00. The standard InChI is InChI=1S/C29H26OS2/c1-4-11-22(12-5-1)17-18-25-21-26(23-13-6-2-7-14-23)27(24-15-8-3-9-16-24)28(30-25)29-31-19-10-20-32-29/h1-9,11-18,21,26,29H,10,19-20H2/b18-17+. The van der Waals surface area contributed by atoms with Gasteiger partial charge in [-0.25, -0.2) is 0 Å². The highest BCUT2D eigenvalue weighted by Gasteiger charge is 2.32. The van der Waals surface area contributed by atoms with Crippen molar-refractivity contribution in [3.05, 3.63) is 131 Å². The molecule has 0 amide bonds. The summed E-state index contributed by atoms with van der Waals surface area (Å²) in [7, 11) is 0. The molecular weight excluding hydrogens is 428 g/mol. The minimum Gasteiger partial charge on any atom is -0.460 e. The van der Waals surface area contributed by atoms with E-state index in [9.17, 15) is 0 Å². The summed E-state index contributed by atoms with van der Waals surface area (Å²) >= 11 is 4.02. The highest BCUT2D eigenvalue weighted by molar-refractivity contribution is 8.17. The second-order valence-corrected chi connectivity index (χ2v) is 10.6. The summed E-state index contributed by atoms with van der Waals surface area (Å²) in [5.74, 6) is 4.54. The fourth-order valence-electron chi connectivity index (χ4n) is 4.13. The number of rotatable bonds is 5. The molecule has 1 fully saturated rings. The lowest BCUT2D eigenvalue weighted by Gasteiger charge is -2.33. The number of ether oxygens (including phenoxy) is 1. The molecule has 3 aromatic rings. The van der Waals surface area contributed by atoms with E-state index >= 15 is 0 Å². The Morgan fingerprint density at radius 3 is 2.03 bits per heavy atom. The summed E-state index contributed by atoms with van der Waals surface area (Å²) in [6, 6.07) is 32.0. The smallest absolute Gasteiger partial charge is 0.132 e. The van der Waals surface area contributed by atoms with Gasteiger partial charge in [-0.2, -0.15) is 0 Å². The Kier molecular flexibility index (Phi) is 6.86. The van der Waals surface area contributed by atoms with Crippen LogP contribution in [-0.2, 0) is 4.74 Å². The number of allylic oxidation sites excluding steroid dienone is 3. The summed E-state index contributed by atoms with van der Waals surface area (Å²) in [5, 5.41) is 0. The van der Waals surface area contributed by atoms with Crippen molar-refractivity contribution in [1.82, 2.24) is 0 Å². The van der Waals surface area contributed by atoms with Gasteiger partial charge in [-0.1, -0.05) is 97.1 Å². The normalized spacial score (nSPS) is 19.6. The minimum absolute atomic E-state index is 0.154. The van der Waals surface area contributed by atoms with Gasteiger partial charge < -0.3 is 4.74 Å². The van der Waals surface area contributed by atoms with Crippen molar-refractivity contribution in [1.29, 1.82) is 0 Å². The highest BCUT2D eigenvalue weighted by atomic mass is 32.2. The molecule has 5 rings (SSSR count). The minimum atomic E-state index is 0.154. The third-order valence-electron chi connectivity index (χ3n) is 5.66. The fourth-order valence-corrected chi connectivity index (χ4v) is 6.97. The van der Waals surface area contributed by atoms with Crippen LogP contribution in [-0.4, -0.2) is 16.1 Å². The van der Waals surface area contributed by atoms with Crippen LogP contribution >= 0.6 is 23.5 Å². The molecule has 1 unspecified atom stereocenters. The van der Waals surface area contributed by atoms with Crippen LogP contribution in [0, 0.1) is 0 Å². The Morgan fingerprint density at radius 1 is 0.719 bits per heavy atom. The number of thioether (sulfide) groups is 2. The average Bonchev–Trinajstić information content (AvgIpc) is 2.89. The van der Waals surface area contributed by atoms with Gasteiger partial charge in [-0.3, -0.25) is 0 Å². The highest BCUT2D eigenvalue weighted by Crippen LogP contribution is 2.47. The third-order valence-corrected chi connectivity index (χ3v) is 8.56. The van der Waals surface area contributed by atoms with Gasteiger partial charge in [0.25, 0.3) is 0 Å². The van der Waals surface area contributed by atoms with Crippen LogP contribution in [0.1, 0.15) is 29.0 Å². The Hall–Kier alpha value is -2.62. The van der Waals surface area contributed by atoms with Gasteiger partial charge in [0, 0.05) is 11.5 Å². The van der Waals surface area contributed by atoms with Gasteiger partial charge in [-0.15, -0.1) is 23.5 Å². The zero-order valence-electron chi connectivity index (χ0n) is 17.9. The molecular formula is C29H26OS2. The molecule has 3 heteroatoms. The third kappa shape index (κ3) is 4.90. The van der Waals surface area contributed by atoms with E-state index in [1.54, 1.807) is 0 Å². The van der Waals surface area contributed by atoms with Gasteiger partial charge in [-0.05, 0) is 46.8 Å². The molecule has 0 spiro atoms. The Bertz CT molecular complexity index is 1110. The van der Waals surface area contributed by atoms with Gasteiger partial charge in [0.2, 0.25) is 0 Å². The first-order valence-corrected chi connectivity index (χ1v) is 13.2. The maximum atomic E-state index is 6.68. The number of hydrogen-bond acceptors (Lipinski definition) is 3. The van der Waals surface area contributed by atoms with E-state index in [1.807, 2.05) is 29.6 Å². The predicted molar refractivity (Wildman–Crippen MR) is 141 cm³/mol. The molecule has 2 heterocycles. The van der Waals surface area contributed by atoms with Crippen molar-refractivity contribution in [3.8, 4) is 0 Å². The molecule has 0 radical (unpaired) electrons. The van der Waals surface area contributed by atoms with Crippen LogP contribution < -0.4 is 0 Å². The van der Waals surface area contributed by atoms with E-state index in [0.29, 0.717) is 4.58 Å². The van der Waals surface area contributed by atoms with Gasteiger partial charge in [0.1, 0.15) is 16.1 Å². The lowest BCUT2D eigenvalue weighted by atomic mass is 9.84. The largest absolute Gasteiger partial charge is 0.460 e. The van der Waals surface area contributed by atoms with Crippen LogP contribution in [0.15, 0.2) is 115 Å². The molecule has 0 bridgehead atoms. The fraction of sp³-hybridized carbons (Fsp3) is 0.172. The van der Waals surface area contributed by atoms with Crippen molar-refractivity contribution >= 4 is 35.2 Å². The lowest BCUT2D eigenvalue weighted by molar-refractivity contribution is 0.313. The quantitative estimate of drug-likeness (QED) is 0.386. The van der Waals surface area contributed by atoms with Crippen molar-refractivity contribution in [2.24, 2.45) is 0 Å². The van der Waals surface area contributed by atoms with Crippen molar-refractivity contribution in [2.45, 2.75) is 16.9 Å². The molecule has 32 heavy (non-hydrogen) atoms. The second-order valence-electron chi connectivity index (χ2n) is 7.87.